The molecule has 0 unspecified atom stereocenters. The zero-order chi connectivity index (χ0) is 9.07. The van der Waals surface area contributed by atoms with Gasteiger partial charge in [0, 0.05) is 0 Å². The van der Waals surface area contributed by atoms with Gasteiger partial charge in [0.05, 0.1) is 0 Å². The Bertz CT molecular complexity index is 190. The molecule has 0 aromatic rings. The SMILES string of the molecule is O=C(O)CN(Cl)CP(=O)(O)O. The molecule has 0 radical (unpaired) electrons. The van der Waals surface area contributed by atoms with Crippen LogP contribution in [0.25, 0.3) is 0 Å². The zero-order valence-electron chi connectivity index (χ0n) is 5.34. The Labute approximate surface area is 67.7 Å². The van der Waals surface area contributed by atoms with Crippen LogP contribution in [0.3, 0.4) is 0 Å². The summed E-state index contributed by atoms with van der Waals surface area (Å²) in [6.45, 7) is -0.604. The summed E-state index contributed by atoms with van der Waals surface area (Å²) in [5, 5.41) is 8.10. The first-order valence-electron chi connectivity index (χ1n) is 2.48. The highest BCUT2D eigenvalue weighted by atomic mass is 35.5. The molecule has 11 heavy (non-hydrogen) atoms. The normalized spacial score (nSPS) is 12.0. The summed E-state index contributed by atoms with van der Waals surface area (Å²) in [6, 6.07) is 0. The first kappa shape index (κ1) is 10.9. The van der Waals surface area contributed by atoms with E-state index in [-0.39, 0.29) is 0 Å². The van der Waals surface area contributed by atoms with Crippen LogP contribution in [-0.2, 0) is 9.36 Å². The Morgan fingerprint density at radius 2 is 2.00 bits per heavy atom. The fourth-order valence-electron chi connectivity index (χ4n) is 0.397. The number of hydrogen-bond acceptors (Lipinski definition) is 3. The number of carboxylic acids is 1. The van der Waals surface area contributed by atoms with Gasteiger partial charge in [0.25, 0.3) is 0 Å². The van der Waals surface area contributed by atoms with Gasteiger partial charge in [-0.25, -0.2) is 0 Å². The van der Waals surface area contributed by atoms with Crippen molar-refractivity contribution in [1.82, 2.24) is 4.42 Å². The highest BCUT2D eigenvalue weighted by Gasteiger charge is 2.19. The van der Waals surface area contributed by atoms with E-state index < -0.39 is 26.4 Å². The topological polar surface area (TPSA) is 98.1 Å². The minimum absolute atomic E-state index is 0.517. The number of halogens is 1. The molecule has 0 saturated heterocycles. The molecule has 0 aromatic carbocycles. The molecule has 6 nitrogen and oxygen atoms in total. The highest BCUT2D eigenvalue weighted by molar-refractivity contribution is 7.51. The molecule has 8 heteroatoms. The van der Waals surface area contributed by atoms with E-state index in [1.165, 1.54) is 0 Å². The predicted molar refractivity (Wildman–Crippen MR) is 37.1 cm³/mol. The van der Waals surface area contributed by atoms with Crippen LogP contribution in [0, 0.1) is 0 Å². The number of rotatable bonds is 4. The van der Waals surface area contributed by atoms with Crippen LogP contribution in [0.2, 0.25) is 0 Å². The summed E-state index contributed by atoms with van der Waals surface area (Å²) in [5.74, 6) is -1.24. The van der Waals surface area contributed by atoms with Gasteiger partial charge in [-0.2, -0.15) is 4.42 Å². The lowest BCUT2D eigenvalue weighted by molar-refractivity contribution is -0.137. The van der Waals surface area contributed by atoms with Crippen molar-refractivity contribution >= 4 is 25.3 Å². The van der Waals surface area contributed by atoms with E-state index in [9.17, 15) is 9.36 Å². The van der Waals surface area contributed by atoms with E-state index in [0.717, 1.165) is 0 Å². The fraction of sp³-hybridized carbons (Fsp3) is 0.667. The average Bonchev–Trinajstić information content (AvgIpc) is 1.53. The molecule has 0 atom stereocenters. The second-order valence-corrected chi connectivity index (χ2v) is 3.91. The van der Waals surface area contributed by atoms with E-state index in [2.05, 4.69) is 0 Å². The third-order valence-corrected chi connectivity index (χ3v) is 1.76. The number of aliphatic carboxylic acids is 1. The summed E-state index contributed by atoms with van der Waals surface area (Å²) >= 11 is 5.12. The van der Waals surface area contributed by atoms with Gasteiger partial charge in [-0.1, -0.05) is 0 Å². The van der Waals surface area contributed by atoms with E-state index in [1.54, 1.807) is 0 Å². The molecular formula is C3H7ClNO5P. The van der Waals surface area contributed by atoms with E-state index >= 15 is 0 Å². The highest BCUT2D eigenvalue weighted by Crippen LogP contribution is 2.35. The standard InChI is InChI=1S/C3H7ClNO5P/c4-5(1-3(6)7)2-11(8,9)10/h1-2H2,(H,6,7)(H2,8,9,10). The molecule has 3 N–H and O–H groups in total. The first-order valence-corrected chi connectivity index (χ1v) is 4.62. The van der Waals surface area contributed by atoms with Crippen molar-refractivity contribution in [2.45, 2.75) is 0 Å². The molecule has 0 spiro atoms. The Balaban J connectivity index is 3.79. The summed E-state index contributed by atoms with van der Waals surface area (Å²) in [5.41, 5.74) is 0. The van der Waals surface area contributed by atoms with Gasteiger partial charge in [0.15, 0.2) is 0 Å². The Morgan fingerprint density at radius 3 is 2.27 bits per heavy atom. The van der Waals surface area contributed by atoms with Crippen molar-refractivity contribution < 1.29 is 24.3 Å². The minimum atomic E-state index is -4.25. The van der Waals surface area contributed by atoms with Crippen LogP contribution in [-0.4, -0.2) is 38.1 Å². The van der Waals surface area contributed by atoms with Crippen molar-refractivity contribution in [3.05, 3.63) is 0 Å². The second-order valence-electron chi connectivity index (χ2n) is 1.82. The van der Waals surface area contributed by atoms with Crippen LogP contribution < -0.4 is 0 Å². The molecule has 0 aliphatic rings. The van der Waals surface area contributed by atoms with Gasteiger partial charge >= 0.3 is 13.6 Å². The van der Waals surface area contributed by atoms with Crippen molar-refractivity contribution in [3.63, 3.8) is 0 Å². The van der Waals surface area contributed by atoms with Gasteiger partial charge in [-0.05, 0) is 11.8 Å². The van der Waals surface area contributed by atoms with Crippen LogP contribution in [0.15, 0.2) is 0 Å². The summed E-state index contributed by atoms with van der Waals surface area (Å²) in [4.78, 5) is 26.5. The molecule has 0 rings (SSSR count). The Morgan fingerprint density at radius 1 is 1.55 bits per heavy atom. The maximum absolute atomic E-state index is 10.2. The van der Waals surface area contributed by atoms with Crippen molar-refractivity contribution in [1.29, 1.82) is 0 Å². The van der Waals surface area contributed by atoms with Crippen molar-refractivity contribution in [2.24, 2.45) is 0 Å². The monoisotopic (exact) mass is 203 g/mol. The van der Waals surface area contributed by atoms with Gasteiger partial charge in [0.2, 0.25) is 0 Å². The molecule has 66 valence electrons. The number of carboxylic acid groups (broad SMARTS) is 1. The number of carbonyl (C=O) groups is 1. The minimum Gasteiger partial charge on any atom is -0.480 e. The Kier molecular flexibility index (Phi) is 3.99. The van der Waals surface area contributed by atoms with Crippen molar-refractivity contribution in [3.8, 4) is 0 Å². The zero-order valence-corrected chi connectivity index (χ0v) is 7.00. The molecule has 0 aliphatic carbocycles. The lowest BCUT2D eigenvalue weighted by Crippen LogP contribution is -2.21. The van der Waals surface area contributed by atoms with Gasteiger partial charge in [-0.3, -0.25) is 9.36 Å². The molecule has 0 fully saturated rings. The first-order chi connectivity index (χ1) is 4.81. The van der Waals surface area contributed by atoms with Crippen LogP contribution in [0.1, 0.15) is 0 Å². The summed E-state index contributed by atoms with van der Waals surface area (Å²) in [6.07, 6.45) is -0.763. The van der Waals surface area contributed by atoms with E-state index in [1.807, 2.05) is 0 Å². The smallest absolute Gasteiger partial charge is 0.340 e. The van der Waals surface area contributed by atoms with Crippen molar-refractivity contribution in [2.75, 3.05) is 12.8 Å². The maximum Gasteiger partial charge on any atom is 0.340 e. The fourth-order valence-corrected chi connectivity index (χ4v) is 1.42. The van der Waals surface area contributed by atoms with Crippen LogP contribution in [0.5, 0.6) is 0 Å². The molecule has 0 amide bonds. The largest absolute Gasteiger partial charge is 0.480 e. The third kappa shape index (κ3) is 7.77. The lowest BCUT2D eigenvalue weighted by atomic mass is 10.7. The van der Waals surface area contributed by atoms with Crippen LogP contribution in [0.4, 0.5) is 0 Å². The summed E-state index contributed by atoms with van der Waals surface area (Å²) in [7, 11) is -4.25. The molecule has 0 aromatic heterocycles. The van der Waals surface area contributed by atoms with Gasteiger partial charge in [0.1, 0.15) is 12.8 Å². The quantitative estimate of drug-likeness (QED) is 0.427. The number of hydrogen-bond donors (Lipinski definition) is 3. The Hall–Kier alpha value is -0.130. The molecule has 0 heterocycles. The third-order valence-electron chi connectivity index (χ3n) is 0.645. The van der Waals surface area contributed by atoms with E-state index in [4.69, 9.17) is 26.7 Å². The average molecular weight is 204 g/mol. The second kappa shape index (κ2) is 4.04. The van der Waals surface area contributed by atoms with Gasteiger partial charge < -0.3 is 14.9 Å². The predicted octanol–water partition coefficient (Wildman–Crippen LogP) is -0.338. The summed E-state index contributed by atoms with van der Waals surface area (Å²) < 4.78 is 10.7. The molecule has 0 aliphatic heterocycles. The maximum atomic E-state index is 10.2. The van der Waals surface area contributed by atoms with E-state index in [0.29, 0.717) is 4.42 Å². The molecule has 0 saturated carbocycles. The molecular weight excluding hydrogens is 196 g/mol. The number of nitrogens with zero attached hydrogens (tertiary/aromatic N) is 1. The molecule has 0 bridgehead atoms. The van der Waals surface area contributed by atoms with Crippen LogP contribution >= 0.6 is 19.4 Å². The van der Waals surface area contributed by atoms with Gasteiger partial charge in [-0.15, -0.1) is 0 Å². The lowest BCUT2D eigenvalue weighted by Gasteiger charge is -2.10.